The van der Waals surface area contributed by atoms with Crippen LogP contribution in [0, 0.1) is 0 Å². The molecule has 1 saturated heterocycles. The van der Waals surface area contributed by atoms with Crippen LogP contribution in [-0.2, 0) is 14.3 Å². The van der Waals surface area contributed by atoms with Gasteiger partial charge in [-0.05, 0) is 12.8 Å². The molecule has 0 aromatic heterocycles. The SMILES string of the molecule is C=CCC(=O)CCCC1OCCO1. The van der Waals surface area contributed by atoms with Crippen LogP contribution in [0.15, 0.2) is 12.7 Å². The molecule has 0 unspecified atom stereocenters. The maximum absolute atomic E-state index is 11.1. The highest BCUT2D eigenvalue weighted by Crippen LogP contribution is 2.11. The van der Waals surface area contributed by atoms with Crippen LogP contribution in [-0.4, -0.2) is 25.3 Å². The van der Waals surface area contributed by atoms with Crippen molar-refractivity contribution in [3.05, 3.63) is 12.7 Å². The first kappa shape index (κ1) is 10.4. The van der Waals surface area contributed by atoms with Gasteiger partial charge in [0.15, 0.2) is 6.29 Å². The Hall–Kier alpha value is -0.670. The molecule has 0 radical (unpaired) electrons. The third kappa shape index (κ3) is 4.20. The number of carbonyl (C=O) groups is 1. The second-order valence-corrected chi connectivity index (χ2v) is 3.09. The van der Waals surface area contributed by atoms with E-state index in [1.54, 1.807) is 6.08 Å². The molecule has 0 aliphatic carbocycles. The van der Waals surface area contributed by atoms with Gasteiger partial charge in [0.25, 0.3) is 0 Å². The molecule has 3 nitrogen and oxygen atoms in total. The second-order valence-electron chi connectivity index (χ2n) is 3.09. The van der Waals surface area contributed by atoms with Gasteiger partial charge in [0.1, 0.15) is 5.78 Å². The topological polar surface area (TPSA) is 35.5 Å². The second kappa shape index (κ2) is 5.89. The van der Waals surface area contributed by atoms with E-state index in [9.17, 15) is 4.79 Å². The Labute approximate surface area is 78.7 Å². The fourth-order valence-electron chi connectivity index (χ4n) is 1.30. The predicted octanol–water partition coefficient (Wildman–Crippen LogP) is 1.67. The Bertz CT molecular complexity index is 171. The zero-order chi connectivity index (χ0) is 9.52. The van der Waals surface area contributed by atoms with Gasteiger partial charge in [-0.3, -0.25) is 4.79 Å². The minimum Gasteiger partial charge on any atom is -0.350 e. The van der Waals surface area contributed by atoms with Gasteiger partial charge in [-0.25, -0.2) is 0 Å². The first-order valence-corrected chi connectivity index (χ1v) is 4.68. The molecule has 13 heavy (non-hydrogen) atoms. The van der Waals surface area contributed by atoms with E-state index in [4.69, 9.17) is 9.47 Å². The van der Waals surface area contributed by atoms with Gasteiger partial charge in [-0.2, -0.15) is 0 Å². The fraction of sp³-hybridized carbons (Fsp3) is 0.700. The summed E-state index contributed by atoms with van der Waals surface area (Å²) in [5.41, 5.74) is 0. The zero-order valence-electron chi connectivity index (χ0n) is 7.83. The Morgan fingerprint density at radius 1 is 1.46 bits per heavy atom. The summed E-state index contributed by atoms with van der Waals surface area (Å²) in [4.78, 5) is 11.1. The lowest BCUT2D eigenvalue weighted by molar-refractivity contribution is -0.118. The smallest absolute Gasteiger partial charge is 0.157 e. The Morgan fingerprint density at radius 3 is 2.77 bits per heavy atom. The summed E-state index contributed by atoms with van der Waals surface area (Å²) in [5, 5.41) is 0. The summed E-state index contributed by atoms with van der Waals surface area (Å²) in [5.74, 6) is 0.244. The van der Waals surface area contributed by atoms with Crippen LogP contribution >= 0.6 is 0 Å². The number of carbonyl (C=O) groups excluding carboxylic acids is 1. The average molecular weight is 184 g/mol. The van der Waals surface area contributed by atoms with Crippen LogP contribution in [0.2, 0.25) is 0 Å². The molecule has 1 aliphatic rings. The van der Waals surface area contributed by atoms with Crippen molar-refractivity contribution in [2.24, 2.45) is 0 Å². The van der Waals surface area contributed by atoms with Crippen molar-refractivity contribution < 1.29 is 14.3 Å². The number of ether oxygens (including phenoxy) is 2. The number of rotatable bonds is 6. The summed E-state index contributed by atoms with van der Waals surface area (Å²) < 4.78 is 10.5. The van der Waals surface area contributed by atoms with Gasteiger partial charge < -0.3 is 9.47 Å². The fourth-order valence-corrected chi connectivity index (χ4v) is 1.30. The van der Waals surface area contributed by atoms with Crippen molar-refractivity contribution in [3.63, 3.8) is 0 Å². The number of hydrogen-bond donors (Lipinski definition) is 0. The predicted molar refractivity (Wildman–Crippen MR) is 49.4 cm³/mol. The van der Waals surface area contributed by atoms with E-state index in [0.717, 1.165) is 12.8 Å². The molecular formula is C10H16O3. The molecule has 1 heterocycles. The molecule has 1 fully saturated rings. The van der Waals surface area contributed by atoms with Gasteiger partial charge in [0, 0.05) is 12.8 Å². The maximum atomic E-state index is 11.1. The molecule has 0 atom stereocenters. The highest BCUT2D eigenvalue weighted by molar-refractivity contribution is 5.79. The lowest BCUT2D eigenvalue weighted by atomic mass is 10.1. The van der Waals surface area contributed by atoms with E-state index in [2.05, 4.69) is 6.58 Å². The number of Topliss-reactive ketones (excluding diaryl/α,β-unsaturated/α-hetero) is 1. The largest absolute Gasteiger partial charge is 0.350 e. The zero-order valence-corrected chi connectivity index (χ0v) is 7.83. The summed E-state index contributed by atoms with van der Waals surface area (Å²) in [6, 6.07) is 0. The van der Waals surface area contributed by atoms with Crippen molar-refractivity contribution in [1.82, 2.24) is 0 Å². The van der Waals surface area contributed by atoms with E-state index in [0.29, 0.717) is 26.1 Å². The van der Waals surface area contributed by atoms with Gasteiger partial charge >= 0.3 is 0 Å². The highest BCUT2D eigenvalue weighted by atomic mass is 16.7. The van der Waals surface area contributed by atoms with Crippen molar-refractivity contribution in [1.29, 1.82) is 0 Å². The number of hydrogen-bond acceptors (Lipinski definition) is 3. The third-order valence-corrected chi connectivity index (χ3v) is 1.96. The van der Waals surface area contributed by atoms with Crippen LogP contribution in [0.1, 0.15) is 25.7 Å². The van der Waals surface area contributed by atoms with E-state index in [-0.39, 0.29) is 12.1 Å². The Kier molecular flexibility index (Phi) is 4.72. The average Bonchev–Trinajstić information content (AvgIpc) is 2.57. The molecule has 0 spiro atoms. The van der Waals surface area contributed by atoms with Crippen molar-refractivity contribution in [2.45, 2.75) is 32.0 Å². The minimum absolute atomic E-state index is 0.0727. The molecule has 1 aliphatic heterocycles. The first-order valence-electron chi connectivity index (χ1n) is 4.68. The third-order valence-electron chi connectivity index (χ3n) is 1.96. The van der Waals surface area contributed by atoms with E-state index < -0.39 is 0 Å². The van der Waals surface area contributed by atoms with Crippen LogP contribution in [0.25, 0.3) is 0 Å². The molecule has 0 bridgehead atoms. The van der Waals surface area contributed by atoms with Crippen molar-refractivity contribution in [2.75, 3.05) is 13.2 Å². The summed E-state index contributed by atoms with van der Waals surface area (Å²) in [6.45, 7) is 4.89. The van der Waals surface area contributed by atoms with Crippen LogP contribution in [0.3, 0.4) is 0 Å². The molecule has 0 amide bonds. The van der Waals surface area contributed by atoms with Crippen LogP contribution < -0.4 is 0 Å². The van der Waals surface area contributed by atoms with E-state index in [1.807, 2.05) is 0 Å². The number of ketones is 1. The van der Waals surface area contributed by atoms with E-state index >= 15 is 0 Å². The van der Waals surface area contributed by atoms with Crippen LogP contribution in [0.4, 0.5) is 0 Å². The molecule has 0 aromatic carbocycles. The van der Waals surface area contributed by atoms with Crippen LogP contribution in [0.5, 0.6) is 0 Å². The lowest BCUT2D eigenvalue weighted by Crippen LogP contribution is -2.08. The molecule has 1 rings (SSSR count). The first-order chi connectivity index (χ1) is 6.33. The molecule has 0 N–H and O–H groups in total. The summed E-state index contributed by atoms with van der Waals surface area (Å²) in [7, 11) is 0. The standard InChI is InChI=1S/C10H16O3/c1-2-4-9(11)5-3-6-10-12-7-8-13-10/h2,10H,1,3-8H2. The van der Waals surface area contributed by atoms with Crippen molar-refractivity contribution >= 4 is 5.78 Å². The molecular weight excluding hydrogens is 168 g/mol. The highest BCUT2D eigenvalue weighted by Gasteiger charge is 2.15. The molecule has 74 valence electrons. The van der Waals surface area contributed by atoms with Gasteiger partial charge in [-0.1, -0.05) is 6.08 Å². The lowest BCUT2D eigenvalue weighted by Gasteiger charge is -2.07. The normalized spacial score (nSPS) is 17.5. The molecule has 0 aromatic rings. The maximum Gasteiger partial charge on any atom is 0.157 e. The molecule has 0 saturated carbocycles. The Morgan fingerprint density at radius 2 is 2.15 bits per heavy atom. The van der Waals surface area contributed by atoms with Gasteiger partial charge in [-0.15, -0.1) is 6.58 Å². The Balaban J connectivity index is 1.99. The quantitative estimate of drug-likeness (QED) is 0.589. The monoisotopic (exact) mass is 184 g/mol. The van der Waals surface area contributed by atoms with Gasteiger partial charge in [0.2, 0.25) is 0 Å². The minimum atomic E-state index is -0.0727. The van der Waals surface area contributed by atoms with Crippen molar-refractivity contribution in [3.8, 4) is 0 Å². The van der Waals surface area contributed by atoms with E-state index in [1.165, 1.54) is 0 Å². The number of allylic oxidation sites excluding steroid dienone is 1. The summed E-state index contributed by atoms with van der Waals surface area (Å²) in [6.07, 6.45) is 4.32. The van der Waals surface area contributed by atoms with Gasteiger partial charge in [0.05, 0.1) is 13.2 Å². The summed E-state index contributed by atoms with van der Waals surface area (Å²) >= 11 is 0. The molecule has 3 heteroatoms.